The van der Waals surface area contributed by atoms with Crippen LogP contribution in [0.4, 0.5) is 0 Å². The molecule has 0 radical (unpaired) electrons. The van der Waals surface area contributed by atoms with Gasteiger partial charge in [-0.2, -0.15) is 4.57 Å². The van der Waals surface area contributed by atoms with Gasteiger partial charge in [-0.1, -0.05) is 39.0 Å². The van der Waals surface area contributed by atoms with Crippen molar-refractivity contribution in [3.63, 3.8) is 0 Å². The quantitative estimate of drug-likeness (QED) is 0.204. The maximum atomic E-state index is 12.1. The number of allylic oxidation sites excluding steroid dienone is 1. The molecule has 3 nitrogen and oxygen atoms in total. The van der Waals surface area contributed by atoms with Crippen LogP contribution in [0.25, 0.3) is 10.9 Å². The van der Waals surface area contributed by atoms with Gasteiger partial charge in [-0.15, -0.1) is 0 Å². The molecular formula is C27H38NO2+. The van der Waals surface area contributed by atoms with Crippen molar-refractivity contribution in [1.82, 2.24) is 0 Å². The Morgan fingerprint density at radius 1 is 0.900 bits per heavy atom. The Labute approximate surface area is 182 Å². The lowest BCUT2D eigenvalue weighted by Crippen LogP contribution is -2.34. The molecule has 0 aliphatic heterocycles. The van der Waals surface area contributed by atoms with Crippen molar-refractivity contribution in [1.29, 1.82) is 0 Å². The Bertz CT molecular complexity index is 866. The Balaban J connectivity index is 1.66. The topological polar surface area (TPSA) is 38.0 Å². The maximum absolute atomic E-state index is 12.1. The number of aromatic nitrogens is 1. The third-order valence-electron chi connectivity index (χ3n) is 5.77. The van der Waals surface area contributed by atoms with Gasteiger partial charge in [0.1, 0.15) is 12.3 Å². The lowest BCUT2D eigenvalue weighted by molar-refractivity contribution is -0.671. The summed E-state index contributed by atoms with van der Waals surface area (Å²) in [5.74, 6) is 1.02. The second-order valence-corrected chi connectivity index (χ2v) is 8.75. The van der Waals surface area contributed by atoms with Crippen LogP contribution < -0.4 is 4.57 Å². The number of aryl methyl sites for hydroxylation is 1. The van der Waals surface area contributed by atoms with Crippen LogP contribution in [-0.4, -0.2) is 11.6 Å². The standard InChI is InChI=1S/C27H38NO2/c1-21(2)24-18-20-28(26-16-11-10-15-25(24)26)19-12-6-8-14-23(29)13-7-5-9-17-27(30)22(3)4/h10-11,15-16,18,20-21H,3,5-9,12-14,17,19H2,1-2,4H3/q+1. The number of carbonyl (C=O) groups excluding carboxylic acids is 2. The Hall–Kier alpha value is -2.29. The molecule has 1 aromatic heterocycles. The van der Waals surface area contributed by atoms with Gasteiger partial charge in [0.25, 0.3) is 0 Å². The number of ketones is 2. The van der Waals surface area contributed by atoms with Crippen LogP contribution in [0.2, 0.25) is 0 Å². The smallest absolute Gasteiger partial charge is 0.212 e. The number of rotatable bonds is 14. The van der Waals surface area contributed by atoms with Crippen LogP contribution in [0.3, 0.4) is 0 Å². The molecule has 1 aromatic carbocycles. The molecule has 0 aliphatic rings. The third-order valence-corrected chi connectivity index (χ3v) is 5.77. The first-order valence-corrected chi connectivity index (χ1v) is 11.5. The summed E-state index contributed by atoms with van der Waals surface area (Å²) in [4.78, 5) is 23.6. The van der Waals surface area contributed by atoms with E-state index in [0.29, 0.717) is 36.5 Å². The second kappa shape index (κ2) is 12.4. The summed E-state index contributed by atoms with van der Waals surface area (Å²) in [6.07, 6.45) is 9.94. The van der Waals surface area contributed by atoms with Gasteiger partial charge >= 0.3 is 0 Å². The van der Waals surface area contributed by atoms with E-state index in [2.05, 4.69) is 61.5 Å². The van der Waals surface area contributed by atoms with Gasteiger partial charge in [-0.05, 0) is 55.7 Å². The highest BCUT2D eigenvalue weighted by Gasteiger charge is 2.13. The van der Waals surface area contributed by atoms with Crippen molar-refractivity contribution >= 4 is 22.5 Å². The van der Waals surface area contributed by atoms with E-state index in [0.717, 1.165) is 45.1 Å². The number of carbonyl (C=O) groups is 2. The Morgan fingerprint density at radius 2 is 1.53 bits per heavy atom. The molecule has 0 aliphatic carbocycles. The third kappa shape index (κ3) is 7.51. The first kappa shape index (κ1) is 24.0. The van der Waals surface area contributed by atoms with Gasteiger partial charge in [0.05, 0.1) is 0 Å². The predicted octanol–water partition coefficient (Wildman–Crippen LogP) is 6.48. The molecule has 0 amide bonds. The van der Waals surface area contributed by atoms with E-state index in [9.17, 15) is 9.59 Å². The average molecular weight is 409 g/mol. The SMILES string of the molecule is C=C(C)C(=O)CCCCCC(=O)CCCCC[n+]1ccc(C(C)C)c2ccccc21. The normalized spacial score (nSPS) is 11.2. The number of pyridine rings is 1. The summed E-state index contributed by atoms with van der Waals surface area (Å²) in [5, 5.41) is 1.34. The number of benzene rings is 1. The van der Waals surface area contributed by atoms with Gasteiger partial charge in [0.2, 0.25) is 5.52 Å². The van der Waals surface area contributed by atoms with Crippen molar-refractivity contribution in [2.45, 2.75) is 91.0 Å². The number of hydrogen-bond donors (Lipinski definition) is 0. The predicted molar refractivity (Wildman–Crippen MR) is 125 cm³/mol. The van der Waals surface area contributed by atoms with Gasteiger partial charge in [0.15, 0.2) is 12.0 Å². The lowest BCUT2D eigenvalue weighted by Gasteiger charge is -2.09. The molecule has 3 heteroatoms. The zero-order valence-electron chi connectivity index (χ0n) is 19.1. The summed E-state index contributed by atoms with van der Waals surface area (Å²) in [7, 11) is 0. The molecule has 0 bridgehead atoms. The molecule has 0 saturated heterocycles. The number of hydrogen-bond acceptors (Lipinski definition) is 2. The highest BCUT2D eigenvalue weighted by Crippen LogP contribution is 2.22. The van der Waals surface area contributed by atoms with Crippen molar-refractivity contribution in [2.75, 3.05) is 0 Å². The fraction of sp³-hybridized carbons (Fsp3) is 0.519. The molecule has 1 heterocycles. The molecule has 0 saturated carbocycles. The zero-order chi connectivity index (χ0) is 21.9. The number of nitrogens with zero attached hydrogens (tertiary/aromatic N) is 1. The number of para-hydroxylation sites is 1. The fourth-order valence-electron chi connectivity index (χ4n) is 3.91. The molecule has 0 N–H and O–H groups in total. The van der Waals surface area contributed by atoms with E-state index < -0.39 is 0 Å². The molecule has 0 atom stereocenters. The second-order valence-electron chi connectivity index (χ2n) is 8.75. The van der Waals surface area contributed by atoms with Gasteiger partial charge in [0, 0.05) is 43.2 Å². The molecule has 162 valence electrons. The monoisotopic (exact) mass is 408 g/mol. The van der Waals surface area contributed by atoms with Crippen molar-refractivity contribution in [3.8, 4) is 0 Å². The molecule has 30 heavy (non-hydrogen) atoms. The van der Waals surface area contributed by atoms with Gasteiger partial charge in [-0.3, -0.25) is 9.59 Å². The van der Waals surface area contributed by atoms with Crippen LogP contribution in [0, 0.1) is 0 Å². The minimum absolute atomic E-state index is 0.144. The van der Waals surface area contributed by atoms with Crippen molar-refractivity contribution in [2.24, 2.45) is 0 Å². The van der Waals surface area contributed by atoms with Crippen molar-refractivity contribution < 1.29 is 14.2 Å². The molecule has 2 aromatic rings. The number of unbranched alkanes of at least 4 members (excludes halogenated alkanes) is 4. The maximum Gasteiger partial charge on any atom is 0.212 e. The van der Waals surface area contributed by atoms with Gasteiger partial charge < -0.3 is 0 Å². The van der Waals surface area contributed by atoms with E-state index in [4.69, 9.17) is 0 Å². The van der Waals surface area contributed by atoms with Crippen LogP contribution >= 0.6 is 0 Å². The summed E-state index contributed by atoms with van der Waals surface area (Å²) in [6, 6.07) is 10.9. The average Bonchev–Trinajstić information content (AvgIpc) is 2.72. The summed E-state index contributed by atoms with van der Waals surface area (Å²) in [6.45, 7) is 10.9. The number of Topliss-reactive ketones (excluding diaryl/α,β-unsaturated/α-hetero) is 2. The number of fused-ring (bicyclic) bond motifs is 1. The van der Waals surface area contributed by atoms with E-state index >= 15 is 0 Å². The minimum Gasteiger partial charge on any atom is -0.300 e. The zero-order valence-corrected chi connectivity index (χ0v) is 19.1. The van der Waals surface area contributed by atoms with E-state index in [1.165, 1.54) is 16.5 Å². The molecule has 0 fully saturated rings. The van der Waals surface area contributed by atoms with Crippen LogP contribution in [0.15, 0.2) is 48.7 Å². The summed E-state index contributed by atoms with van der Waals surface area (Å²) < 4.78 is 2.34. The van der Waals surface area contributed by atoms with E-state index in [1.807, 2.05) is 0 Å². The molecular weight excluding hydrogens is 370 g/mol. The van der Waals surface area contributed by atoms with Crippen LogP contribution in [0.1, 0.15) is 90.0 Å². The van der Waals surface area contributed by atoms with Crippen LogP contribution in [-0.2, 0) is 16.1 Å². The Kier molecular flexibility index (Phi) is 9.93. The van der Waals surface area contributed by atoms with E-state index in [-0.39, 0.29) is 5.78 Å². The highest BCUT2D eigenvalue weighted by atomic mass is 16.1. The molecule has 0 unspecified atom stereocenters. The first-order chi connectivity index (χ1) is 14.4. The van der Waals surface area contributed by atoms with E-state index in [1.54, 1.807) is 6.92 Å². The largest absolute Gasteiger partial charge is 0.300 e. The summed E-state index contributed by atoms with van der Waals surface area (Å²) in [5.41, 5.74) is 3.33. The summed E-state index contributed by atoms with van der Waals surface area (Å²) >= 11 is 0. The van der Waals surface area contributed by atoms with Crippen molar-refractivity contribution in [3.05, 3.63) is 54.2 Å². The molecule has 0 spiro atoms. The lowest BCUT2D eigenvalue weighted by atomic mass is 9.99. The molecule has 2 rings (SSSR count). The highest BCUT2D eigenvalue weighted by molar-refractivity contribution is 5.94. The minimum atomic E-state index is 0.144. The Morgan fingerprint density at radius 3 is 2.20 bits per heavy atom. The van der Waals surface area contributed by atoms with Gasteiger partial charge in [-0.25, -0.2) is 0 Å². The fourth-order valence-corrected chi connectivity index (χ4v) is 3.91. The van der Waals surface area contributed by atoms with Crippen LogP contribution in [0.5, 0.6) is 0 Å². The first-order valence-electron chi connectivity index (χ1n) is 11.5.